The fraction of sp³-hybridized carbons (Fsp3) is 0.250. The van der Waals surface area contributed by atoms with Gasteiger partial charge < -0.3 is 0 Å². The monoisotopic (exact) mass is 327 g/mol. The van der Waals surface area contributed by atoms with Gasteiger partial charge in [0.15, 0.2) is 5.65 Å². The van der Waals surface area contributed by atoms with Crippen LogP contribution < -0.4 is 11.0 Å². The Hall–Kier alpha value is -2.87. The Morgan fingerprint density at radius 2 is 2.12 bits per heavy atom. The summed E-state index contributed by atoms with van der Waals surface area (Å²) in [6.45, 7) is 3.27. The van der Waals surface area contributed by atoms with Crippen molar-refractivity contribution < 1.29 is 4.39 Å². The van der Waals surface area contributed by atoms with Gasteiger partial charge in [0.2, 0.25) is 0 Å². The zero-order valence-corrected chi connectivity index (χ0v) is 13.4. The maximum absolute atomic E-state index is 13.6. The minimum Gasteiger partial charge on any atom is -0.247 e. The summed E-state index contributed by atoms with van der Waals surface area (Å²) in [5.41, 5.74) is 8.46. The molecule has 4 rings (SSSR count). The van der Waals surface area contributed by atoms with Crippen LogP contribution in [0.5, 0.6) is 0 Å². The smallest absolute Gasteiger partial charge is 0.153 e. The molecule has 0 aliphatic carbocycles. The molecule has 0 fully saturated rings. The molecule has 4 heterocycles. The minimum absolute atomic E-state index is 0.201. The quantitative estimate of drug-likeness (QED) is 0.769. The van der Waals surface area contributed by atoms with Crippen molar-refractivity contribution in [2.45, 2.75) is 19.5 Å². The van der Waals surface area contributed by atoms with Gasteiger partial charge in [-0.1, -0.05) is 0 Å². The molecule has 2 N–H and O–H groups in total. The van der Waals surface area contributed by atoms with E-state index in [-0.39, 0.29) is 6.54 Å². The molecule has 0 aromatic carbocycles. The lowest BCUT2D eigenvalue weighted by Crippen LogP contribution is -2.48. The molecule has 1 aliphatic rings. The van der Waals surface area contributed by atoms with E-state index in [1.54, 1.807) is 15.8 Å². The molecule has 3 aromatic heterocycles. The molecule has 8 heteroatoms. The molecule has 0 bridgehead atoms. The number of alkyl halides is 1. The first-order valence-electron chi connectivity index (χ1n) is 7.68. The van der Waals surface area contributed by atoms with E-state index in [4.69, 9.17) is 0 Å². The van der Waals surface area contributed by atoms with Crippen LogP contribution in [0.25, 0.3) is 23.0 Å². The van der Waals surface area contributed by atoms with Crippen LogP contribution in [0.3, 0.4) is 0 Å². The predicted molar refractivity (Wildman–Crippen MR) is 89.8 cm³/mol. The van der Waals surface area contributed by atoms with Gasteiger partial charge >= 0.3 is 0 Å². The fourth-order valence-corrected chi connectivity index (χ4v) is 2.53. The maximum Gasteiger partial charge on any atom is 0.153 e. The van der Waals surface area contributed by atoms with Gasteiger partial charge in [-0.3, -0.25) is 0 Å². The van der Waals surface area contributed by atoms with Gasteiger partial charge in [0, 0.05) is 30.4 Å². The largest absolute Gasteiger partial charge is 0.247 e. The molecule has 0 radical (unpaired) electrons. The van der Waals surface area contributed by atoms with Gasteiger partial charge in [-0.15, -0.1) is 0 Å². The third-order valence-electron chi connectivity index (χ3n) is 3.72. The van der Waals surface area contributed by atoms with Crippen LogP contribution in [-0.2, 0) is 0 Å². The lowest BCUT2D eigenvalue weighted by Gasteiger charge is -2.29. The maximum atomic E-state index is 13.6. The number of fused-ring (bicyclic) bond motifs is 2. The number of hydrogen-bond donors (Lipinski definition) is 2. The molecule has 0 spiro atoms. The van der Waals surface area contributed by atoms with Crippen molar-refractivity contribution in [1.82, 2.24) is 29.8 Å². The first-order valence-corrected chi connectivity index (χ1v) is 7.68. The summed E-state index contributed by atoms with van der Waals surface area (Å²) in [6.07, 6.45) is 9.21. The van der Waals surface area contributed by atoms with Crippen molar-refractivity contribution in [3.63, 3.8) is 0 Å². The van der Waals surface area contributed by atoms with Crippen molar-refractivity contribution in [2.75, 3.05) is 12.1 Å². The van der Waals surface area contributed by atoms with E-state index >= 15 is 0 Å². The Labute approximate surface area is 138 Å². The Morgan fingerprint density at radius 1 is 1.25 bits per heavy atom. The number of nitrogens with one attached hydrogen (secondary N) is 2. The standard InChI is InChI=1S/C16H18FN7/c1-16(2,17)11-19-24-9-6-14-12(5-8-22(14)21-24)13-3-4-15-18-7-10-23(15)20-13/h3-10,19,21H,11H2,1-2H3. The van der Waals surface area contributed by atoms with Crippen LogP contribution in [0.1, 0.15) is 19.5 Å². The molecule has 124 valence electrons. The summed E-state index contributed by atoms with van der Waals surface area (Å²) in [5, 5.41) is 6.20. The number of nitrogens with zero attached hydrogens (tertiary/aromatic N) is 5. The van der Waals surface area contributed by atoms with Crippen LogP contribution in [-0.4, -0.2) is 36.6 Å². The molecule has 0 unspecified atom stereocenters. The number of hydrogen-bond acceptors (Lipinski definition) is 5. The average Bonchev–Trinajstić information content (AvgIpc) is 3.17. The zero-order chi connectivity index (χ0) is 16.7. The van der Waals surface area contributed by atoms with Crippen LogP contribution >= 0.6 is 0 Å². The number of rotatable bonds is 4. The third kappa shape index (κ3) is 2.71. The summed E-state index contributed by atoms with van der Waals surface area (Å²) in [5.74, 6) is 0. The summed E-state index contributed by atoms with van der Waals surface area (Å²) in [7, 11) is 0. The predicted octanol–water partition coefficient (Wildman–Crippen LogP) is 2.20. The number of hydrazine groups is 2. The highest BCUT2D eigenvalue weighted by atomic mass is 19.1. The topological polar surface area (TPSA) is 62.4 Å². The van der Waals surface area contributed by atoms with Gasteiger partial charge in [-0.25, -0.2) is 34.6 Å². The Balaban J connectivity index is 1.59. The van der Waals surface area contributed by atoms with Gasteiger partial charge in [0.25, 0.3) is 0 Å². The summed E-state index contributed by atoms with van der Waals surface area (Å²) in [6, 6.07) is 5.87. The van der Waals surface area contributed by atoms with Crippen LogP contribution in [0.2, 0.25) is 0 Å². The van der Waals surface area contributed by atoms with E-state index in [9.17, 15) is 4.39 Å². The van der Waals surface area contributed by atoms with E-state index in [1.165, 1.54) is 13.8 Å². The second-order valence-corrected chi connectivity index (χ2v) is 6.27. The van der Waals surface area contributed by atoms with E-state index in [2.05, 4.69) is 21.0 Å². The van der Waals surface area contributed by atoms with Crippen molar-refractivity contribution in [3.05, 3.63) is 48.7 Å². The van der Waals surface area contributed by atoms with Crippen LogP contribution in [0.4, 0.5) is 4.39 Å². The second kappa shape index (κ2) is 5.34. The number of imidazole rings is 1. The molecule has 3 aromatic rings. The second-order valence-electron chi connectivity index (χ2n) is 6.27. The first-order chi connectivity index (χ1) is 11.5. The van der Waals surface area contributed by atoms with Crippen molar-refractivity contribution >= 4 is 11.7 Å². The molecule has 24 heavy (non-hydrogen) atoms. The van der Waals surface area contributed by atoms with Crippen LogP contribution in [0, 0.1) is 0 Å². The zero-order valence-electron chi connectivity index (χ0n) is 13.4. The van der Waals surface area contributed by atoms with Gasteiger partial charge in [0.05, 0.1) is 17.9 Å². The highest BCUT2D eigenvalue weighted by Gasteiger charge is 2.19. The Morgan fingerprint density at radius 3 is 2.96 bits per heavy atom. The van der Waals surface area contributed by atoms with E-state index < -0.39 is 5.67 Å². The molecule has 0 amide bonds. The van der Waals surface area contributed by atoms with E-state index in [0.29, 0.717) is 0 Å². The highest BCUT2D eigenvalue weighted by Crippen LogP contribution is 2.25. The minimum atomic E-state index is -1.29. The van der Waals surface area contributed by atoms with Crippen molar-refractivity contribution in [2.24, 2.45) is 0 Å². The van der Waals surface area contributed by atoms with Crippen molar-refractivity contribution in [3.8, 4) is 11.3 Å². The Bertz CT molecular complexity index is 903. The summed E-state index contributed by atoms with van der Waals surface area (Å²) < 4.78 is 17.2. The average molecular weight is 327 g/mol. The van der Waals surface area contributed by atoms with Gasteiger partial charge in [-0.2, -0.15) is 5.10 Å². The third-order valence-corrected chi connectivity index (χ3v) is 3.72. The molecule has 0 saturated heterocycles. The summed E-state index contributed by atoms with van der Waals surface area (Å²) >= 11 is 0. The molecule has 1 aliphatic heterocycles. The molecule has 0 atom stereocenters. The van der Waals surface area contributed by atoms with E-state index in [1.807, 2.05) is 47.5 Å². The molecule has 7 nitrogen and oxygen atoms in total. The Kier molecular flexibility index (Phi) is 3.27. The molecular formula is C16H18FN7. The highest BCUT2D eigenvalue weighted by molar-refractivity contribution is 5.72. The SMILES string of the molecule is CC(C)(F)CNN1C=Cc2c(-c3ccc4nccn4n3)ccn2N1. The fourth-order valence-electron chi connectivity index (χ4n) is 2.53. The normalized spacial score (nSPS) is 14.0. The lowest BCUT2D eigenvalue weighted by molar-refractivity contribution is 0.160. The van der Waals surface area contributed by atoms with Gasteiger partial charge in [0.1, 0.15) is 5.67 Å². The molecular weight excluding hydrogens is 309 g/mol. The van der Waals surface area contributed by atoms with Crippen molar-refractivity contribution in [1.29, 1.82) is 0 Å². The van der Waals surface area contributed by atoms with Gasteiger partial charge in [-0.05, 0) is 38.1 Å². The van der Waals surface area contributed by atoms with E-state index in [0.717, 1.165) is 22.6 Å². The first kappa shape index (κ1) is 14.7. The number of aromatic nitrogens is 4. The van der Waals surface area contributed by atoms with Crippen LogP contribution in [0.15, 0.2) is 43.0 Å². The number of halogens is 1. The summed E-state index contributed by atoms with van der Waals surface area (Å²) in [4.78, 5) is 4.20. The lowest BCUT2D eigenvalue weighted by atomic mass is 10.1. The molecule has 0 saturated carbocycles.